The highest BCUT2D eigenvalue weighted by Crippen LogP contribution is 2.34. The van der Waals surface area contributed by atoms with E-state index in [2.05, 4.69) is 0 Å². The van der Waals surface area contributed by atoms with Crippen LogP contribution in [-0.4, -0.2) is 10.7 Å². The molecule has 0 amide bonds. The third kappa shape index (κ3) is 3.59. The van der Waals surface area contributed by atoms with Crippen molar-refractivity contribution in [3.63, 3.8) is 0 Å². The minimum atomic E-state index is -0.401. The average Bonchev–Trinajstić information content (AvgIpc) is 2.92. The lowest BCUT2D eigenvalue weighted by atomic mass is 9.97. The van der Waals surface area contributed by atoms with E-state index in [4.69, 9.17) is 9.15 Å². The van der Waals surface area contributed by atoms with Crippen molar-refractivity contribution >= 4 is 0 Å². The van der Waals surface area contributed by atoms with E-state index in [9.17, 15) is 4.79 Å². The molecule has 136 valence electrons. The molecule has 0 atom stereocenters. The standard InChI is InChI=1S/C22H25NO3/c1-15(2)19-21(25-16(3)4)26-22(24)23(19)20(17-11-7-5-8-12-17)18-13-9-6-10-14-18/h5-16,20H,1-4H3. The zero-order chi connectivity index (χ0) is 18.7. The van der Waals surface area contributed by atoms with E-state index in [0.29, 0.717) is 5.95 Å². The summed E-state index contributed by atoms with van der Waals surface area (Å²) in [5.74, 6) is -0.0101. The smallest absolute Gasteiger partial charge is 0.423 e. The van der Waals surface area contributed by atoms with Gasteiger partial charge in [-0.3, -0.25) is 4.57 Å². The van der Waals surface area contributed by atoms with Gasteiger partial charge in [0.2, 0.25) is 0 Å². The Bertz CT molecular complexity index is 853. The number of hydrogen-bond acceptors (Lipinski definition) is 3. The summed E-state index contributed by atoms with van der Waals surface area (Å²) in [6, 6.07) is 19.7. The van der Waals surface area contributed by atoms with Gasteiger partial charge in [-0.1, -0.05) is 74.5 Å². The maximum atomic E-state index is 12.9. The molecule has 4 nitrogen and oxygen atoms in total. The van der Waals surface area contributed by atoms with Gasteiger partial charge in [0.1, 0.15) is 5.69 Å². The van der Waals surface area contributed by atoms with Crippen LogP contribution in [0.1, 0.15) is 56.5 Å². The molecule has 0 spiro atoms. The van der Waals surface area contributed by atoms with Crippen LogP contribution in [0.15, 0.2) is 69.9 Å². The molecule has 0 saturated heterocycles. The van der Waals surface area contributed by atoms with Crippen LogP contribution in [0.2, 0.25) is 0 Å². The van der Waals surface area contributed by atoms with E-state index in [1.807, 2.05) is 88.4 Å². The van der Waals surface area contributed by atoms with Crippen LogP contribution < -0.4 is 10.5 Å². The molecule has 0 aliphatic heterocycles. The van der Waals surface area contributed by atoms with E-state index in [1.54, 1.807) is 4.57 Å². The minimum Gasteiger partial charge on any atom is -0.461 e. The predicted molar refractivity (Wildman–Crippen MR) is 103 cm³/mol. The summed E-state index contributed by atoms with van der Waals surface area (Å²) >= 11 is 0. The summed E-state index contributed by atoms with van der Waals surface area (Å²) in [5.41, 5.74) is 2.83. The van der Waals surface area contributed by atoms with Crippen LogP contribution in [-0.2, 0) is 0 Å². The van der Waals surface area contributed by atoms with E-state index >= 15 is 0 Å². The van der Waals surface area contributed by atoms with Gasteiger partial charge in [-0.15, -0.1) is 0 Å². The van der Waals surface area contributed by atoms with Crippen molar-refractivity contribution in [1.29, 1.82) is 0 Å². The van der Waals surface area contributed by atoms with Gasteiger partial charge < -0.3 is 9.15 Å². The molecule has 0 aliphatic carbocycles. The highest BCUT2D eigenvalue weighted by Gasteiger charge is 2.28. The molecule has 3 aromatic rings. The van der Waals surface area contributed by atoms with Crippen molar-refractivity contribution in [2.45, 2.75) is 45.8 Å². The molecule has 1 aromatic heterocycles. The summed E-state index contributed by atoms with van der Waals surface area (Å²) in [6.45, 7) is 7.93. The molecule has 4 heteroatoms. The Labute approximate surface area is 154 Å². The molecular weight excluding hydrogens is 326 g/mol. The van der Waals surface area contributed by atoms with Crippen molar-refractivity contribution in [3.8, 4) is 5.95 Å². The molecule has 0 fully saturated rings. The van der Waals surface area contributed by atoms with E-state index in [-0.39, 0.29) is 18.1 Å². The predicted octanol–water partition coefficient (Wildman–Crippen LogP) is 4.99. The monoisotopic (exact) mass is 351 g/mol. The Morgan fingerprint density at radius 2 is 1.35 bits per heavy atom. The van der Waals surface area contributed by atoms with Gasteiger partial charge >= 0.3 is 11.7 Å². The van der Waals surface area contributed by atoms with Gasteiger partial charge in [0, 0.05) is 5.92 Å². The number of oxazole rings is 1. The van der Waals surface area contributed by atoms with E-state index in [0.717, 1.165) is 16.8 Å². The number of nitrogens with zero attached hydrogens (tertiary/aromatic N) is 1. The lowest BCUT2D eigenvalue weighted by Crippen LogP contribution is -2.25. The summed E-state index contributed by atoms with van der Waals surface area (Å²) in [7, 11) is 0. The maximum Gasteiger partial charge on any atom is 0.423 e. The van der Waals surface area contributed by atoms with Gasteiger partial charge in [-0.25, -0.2) is 4.79 Å². The Hall–Kier alpha value is -2.75. The fourth-order valence-corrected chi connectivity index (χ4v) is 3.20. The highest BCUT2D eigenvalue weighted by atomic mass is 16.6. The molecule has 3 rings (SSSR count). The van der Waals surface area contributed by atoms with Crippen LogP contribution in [0.25, 0.3) is 0 Å². The van der Waals surface area contributed by atoms with Crippen LogP contribution in [0.5, 0.6) is 5.95 Å². The molecule has 2 aromatic carbocycles. The average molecular weight is 351 g/mol. The summed E-state index contributed by atoms with van der Waals surface area (Å²) in [6.07, 6.45) is -0.0709. The Balaban J connectivity index is 2.25. The first-order chi connectivity index (χ1) is 12.5. The van der Waals surface area contributed by atoms with Crippen molar-refractivity contribution < 1.29 is 9.15 Å². The second kappa shape index (κ2) is 7.65. The fraction of sp³-hybridized carbons (Fsp3) is 0.318. The third-order valence-corrected chi connectivity index (χ3v) is 4.22. The zero-order valence-corrected chi connectivity index (χ0v) is 15.7. The number of aromatic nitrogens is 1. The van der Waals surface area contributed by atoms with Crippen LogP contribution in [0.3, 0.4) is 0 Å². The van der Waals surface area contributed by atoms with Gasteiger partial charge in [0.15, 0.2) is 0 Å². The van der Waals surface area contributed by atoms with Crippen molar-refractivity contribution in [3.05, 3.63) is 88.0 Å². The van der Waals surface area contributed by atoms with Crippen LogP contribution >= 0.6 is 0 Å². The summed E-state index contributed by atoms with van der Waals surface area (Å²) in [5, 5.41) is 0. The molecule has 0 saturated carbocycles. The van der Waals surface area contributed by atoms with Crippen LogP contribution in [0.4, 0.5) is 0 Å². The third-order valence-electron chi connectivity index (χ3n) is 4.22. The molecular formula is C22H25NO3. The Morgan fingerprint density at radius 1 is 0.846 bits per heavy atom. The number of benzene rings is 2. The highest BCUT2D eigenvalue weighted by molar-refractivity contribution is 5.35. The SMILES string of the molecule is CC(C)Oc1oc(=O)n(C(c2ccccc2)c2ccccc2)c1C(C)C. The molecule has 1 heterocycles. The van der Waals surface area contributed by atoms with Gasteiger partial charge in [0.25, 0.3) is 0 Å². The van der Waals surface area contributed by atoms with Crippen molar-refractivity contribution in [1.82, 2.24) is 4.57 Å². The summed E-state index contributed by atoms with van der Waals surface area (Å²) < 4.78 is 13.1. The molecule has 0 bridgehead atoms. The van der Waals surface area contributed by atoms with Gasteiger partial charge in [-0.2, -0.15) is 0 Å². The molecule has 0 aliphatic rings. The number of ether oxygens (including phenoxy) is 1. The first kappa shape index (κ1) is 18.1. The Kier molecular flexibility index (Phi) is 5.31. The maximum absolute atomic E-state index is 12.9. The van der Waals surface area contributed by atoms with Crippen molar-refractivity contribution in [2.24, 2.45) is 0 Å². The lowest BCUT2D eigenvalue weighted by Gasteiger charge is -2.22. The van der Waals surface area contributed by atoms with Gasteiger partial charge in [-0.05, 0) is 25.0 Å². The first-order valence-electron chi connectivity index (χ1n) is 9.00. The summed E-state index contributed by atoms with van der Waals surface area (Å²) in [4.78, 5) is 12.9. The van der Waals surface area contributed by atoms with Gasteiger partial charge in [0.05, 0.1) is 12.1 Å². The second-order valence-electron chi connectivity index (χ2n) is 6.96. The number of rotatable bonds is 6. The first-order valence-corrected chi connectivity index (χ1v) is 9.00. The lowest BCUT2D eigenvalue weighted by molar-refractivity contribution is 0.179. The molecule has 0 radical (unpaired) electrons. The topological polar surface area (TPSA) is 44.4 Å². The van der Waals surface area contributed by atoms with Crippen LogP contribution in [0, 0.1) is 0 Å². The quantitative estimate of drug-likeness (QED) is 0.628. The fourth-order valence-electron chi connectivity index (χ4n) is 3.20. The second-order valence-corrected chi connectivity index (χ2v) is 6.96. The largest absolute Gasteiger partial charge is 0.461 e. The Morgan fingerprint density at radius 3 is 1.77 bits per heavy atom. The van der Waals surface area contributed by atoms with Crippen molar-refractivity contribution in [2.75, 3.05) is 0 Å². The van der Waals surface area contributed by atoms with E-state index in [1.165, 1.54) is 0 Å². The molecule has 0 N–H and O–H groups in total. The molecule has 26 heavy (non-hydrogen) atoms. The molecule has 0 unspecified atom stereocenters. The zero-order valence-electron chi connectivity index (χ0n) is 15.7. The van der Waals surface area contributed by atoms with E-state index < -0.39 is 5.76 Å². The number of hydrogen-bond donors (Lipinski definition) is 0. The minimum absolute atomic E-state index is 0.0709. The normalized spacial score (nSPS) is 11.5.